The van der Waals surface area contributed by atoms with Crippen LogP contribution < -0.4 is 10.6 Å². The van der Waals surface area contributed by atoms with Crippen molar-refractivity contribution < 1.29 is 14.3 Å². The van der Waals surface area contributed by atoms with Gasteiger partial charge in [-0.3, -0.25) is 0 Å². The van der Waals surface area contributed by atoms with Crippen molar-refractivity contribution in [2.24, 2.45) is 0 Å². The number of hydrogen-bond acceptors (Lipinski definition) is 4. The Kier molecular flexibility index (Phi) is 6.73. The van der Waals surface area contributed by atoms with Crippen LogP contribution in [0.2, 0.25) is 0 Å². The van der Waals surface area contributed by atoms with E-state index in [-0.39, 0.29) is 18.0 Å². The molecular weight excluding hydrogens is 324 g/mol. The molecule has 0 bridgehead atoms. The Morgan fingerprint density at radius 3 is 2.67 bits per heavy atom. The molecule has 2 amide bonds. The number of carbonyl (C=O) groups excluding carboxylic acids is 2. The molecule has 1 heterocycles. The zero-order valence-electron chi connectivity index (χ0n) is 14.3. The summed E-state index contributed by atoms with van der Waals surface area (Å²) in [6.07, 6.45) is 0.646. The molecule has 0 unspecified atom stereocenters. The molecule has 0 fully saturated rings. The summed E-state index contributed by atoms with van der Waals surface area (Å²) < 4.78 is 5.17. The monoisotopic (exact) mass is 348 g/mol. The van der Waals surface area contributed by atoms with Crippen LogP contribution in [0, 0.1) is 6.92 Å². The van der Waals surface area contributed by atoms with Crippen LogP contribution in [-0.2, 0) is 15.3 Å². The molecule has 0 saturated heterocycles. The number of urea groups is 1. The Morgan fingerprint density at radius 1 is 1.25 bits per heavy atom. The molecule has 2 rings (SSSR count). The summed E-state index contributed by atoms with van der Waals surface area (Å²) in [5, 5.41) is 5.56. The van der Waals surface area contributed by atoms with E-state index in [4.69, 9.17) is 4.74 Å². The van der Waals surface area contributed by atoms with Crippen LogP contribution in [0.4, 0.5) is 4.79 Å². The van der Waals surface area contributed by atoms with Crippen LogP contribution in [0.3, 0.4) is 0 Å². The van der Waals surface area contributed by atoms with Gasteiger partial charge in [-0.15, -0.1) is 0 Å². The SMILES string of the molecule is CCOC(=O)C1=C(CSCc2ccccc2C)NC(=O)N[C@@H]1CC. The predicted octanol–water partition coefficient (Wildman–Crippen LogP) is 3.14. The zero-order valence-corrected chi connectivity index (χ0v) is 15.2. The number of benzene rings is 1. The second kappa shape index (κ2) is 8.78. The van der Waals surface area contributed by atoms with Crippen molar-refractivity contribution in [3.8, 4) is 0 Å². The van der Waals surface area contributed by atoms with Gasteiger partial charge < -0.3 is 15.4 Å². The standard InChI is InChI=1S/C18H24N2O3S/c1-4-14-16(17(21)23-5-2)15(20-18(22)19-14)11-24-10-13-9-7-6-8-12(13)3/h6-9,14H,4-5,10-11H2,1-3H3,(H2,19,20,22)/t14-/m1/s1. The number of hydrogen-bond donors (Lipinski definition) is 2. The van der Waals surface area contributed by atoms with E-state index < -0.39 is 0 Å². The van der Waals surface area contributed by atoms with E-state index in [1.54, 1.807) is 18.7 Å². The largest absolute Gasteiger partial charge is 0.463 e. The highest BCUT2D eigenvalue weighted by Crippen LogP contribution is 2.23. The molecule has 1 atom stereocenters. The number of aryl methyl sites for hydroxylation is 1. The molecular formula is C18H24N2O3S. The van der Waals surface area contributed by atoms with Crippen LogP contribution in [0.25, 0.3) is 0 Å². The maximum Gasteiger partial charge on any atom is 0.337 e. The third-order valence-electron chi connectivity index (χ3n) is 3.91. The van der Waals surface area contributed by atoms with Crippen LogP contribution in [0.15, 0.2) is 35.5 Å². The van der Waals surface area contributed by atoms with Gasteiger partial charge in [0.2, 0.25) is 0 Å². The van der Waals surface area contributed by atoms with E-state index >= 15 is 0 Å². The number of esters is 1. The second-order valence-corrected chi connectivity index (χ2v) is 6.58. The van der Waals surface area contributed by atoms with Crippen molar-refractivity contribution in [3.05, 3.63) is 46.7 Å². The van der Waals surface area contributed by atoms with Gasteiger partial charge in [-0.2, -0.15) is 11.8 Å². The average Bonchev–Trinajstić information content (AvgIpc) is 2.56. The average molecular weight is 348 g/mol. The molecule has 1 aliphatic heterocycles. The van der Waals surface area contributed by atoms with E-state index in [0.717, 1.165) is 5.75 Å². The zero-order chi connectivity index (χ0) is 17.5. The Balaban J connectivity index is 2.13. The summed E-state index contributed by atoms with van der Waals surface area (Å²) in [5.41, 5.74) is 3.69. The lowest BCUT2D eigenvalue weighted by Crippen LogP contribution is -2.50. The van der Waals surface area contributed by atoms with Crippen LogP contribution in [-0.4, -0.2) is 30.4 Å². The molecule has 6 heteroatoms. The highest BCUT2D eigenvalue weighted by molar-refractivity contribution is 7.98. The van der Waals surface area contributed by atoms with Crippen LogP contribution >= 0.6 is 11.8 Å². The van der Waals surface area contributed by atoms with E-state index in [9.17, 15) is 9.59 Å². The molecule has 0 spiro atoms. The maximum atomic E-state index is 12.3. The lowest BCUT2D eigenvalue weighted by Gasteiger charge is -2.28. The Labute approximate surface area is 147 Å². The summed E-state index contributed by atoms with van der Waals surface area (Å²) >= 11 is 1.67. The van der Waals surface area contributed by atoms with Gasteiger partial charge in [-0.25, -0.2) is 9.59 Å². The summed E-state index contributed by atoms with van der Waals surface area (Å²) in [6.45, 7) is 6.11. The number of amides is 2. The van der Waals surface area contributed by atoms with E-state index in [0.29, 0.717) is 30.1 Å². The van der Waals surface area contributed by atoms with Gasteiger partial charge in [-0.1, -0.05) is 31.2 Å². The summed E-state index contributed by atoms with van der Waals surface area (Å²) in [5.74, 6) is 1.03. The predicted molar refractivity (Wildman–Crippen MR) is 96.7 cm³/mol. The van der Waals surface area contributed by atoms with Gasteiger partial charge in [0.15, 0.2) is 0 Å². The van der Waals surface area contributed by atoms with Crippen LogP contribution in [0.5, 0.6) is 0 Å². The molecule has 1 aliphatic rings. The molecule has 0 aliphatic carbocycles. The fraction of sp³-hybridized carbons (Fsp3) is 0.444. The first-order valence-corrected chi connectivity index (χ1v) is 9.32. The number of rotatable bonds is 7. The number of thioether (sulfide) groups is 1. The molecule has 0 aromatic heterocycles. The number of carbonyl (C=O) groups is 2. The molecule has 2 N–H and O–H groups in total. The van der Waals surface area contributed by atoms with Crippen molar-refractivity contribution in [2.45, 2.75) is 39.0 Å². The molecule has 130 valence electrons. The van der Waals surface area contributed by atoms with Crippen LogP contribution in [0.1, 0.15) is 31.4 Å². The minimum absolute atomic E-state index is 0.263. The van der Waals surface area contributed by atoms with Gasteiger partial charge in [0.25, 0.3) is 0 Å². The highest BCUT2D eigenvalue weighted by atomic mass is 32.2. The molecule has 24 heavy (non-hydrogen) atoms. The lowest BCUT2D eigenvalue weighted by molar-refractivity contribution is -0.139. The fourth-order valence-corrected chi connectivity index (χ4v) is 3.69. The van der Waals surface area contributed by atoms with Crippen molar-refractivity contribution in [1.82, 2.24) is 10.6 Å². The maximum absolute atomic E-state index is 12.3. The second-order valence-electron chi connectivity index (χ2n) is 5.59. The smallest absolute Gasteiger partial charge is 0.337 e. The summed E-state index contributed by atoms with van der Waals surface area (Å²) in [6, 6.07) is 7.65. The number of nitrogens with one attached hydrogen (secondary N) is 2. The van der Waals surface area contributed by atoms with Crippen molar-refractivity contribution in [3.63, 3.8) is 0 Å². The van der Waals surface area contributed by atoms with Gasteiger partial charge in [0.05, 0.1) is 18.2 Å². The van der Waals surface area contributed by atoms with Gasteiger partial charge in [0, 0.05) is 17.2 Å². The first-order valence-electron chi connectivity index (χ1n) is 8.16. The van der Waals surface area contributed by atoms with Crippen molar-refractivity contribution >= 4 is 23.8 Å². The molecule has 1 aromatic rings. The Morgan fingerprint density at radius 2 is 2.00 bits per heavy atom. The quantitative estimate of drug-likeness (QED) is 0.743. The first kappa shape index (κ1) is 18.4. The Hall–Kier alpha value is -1.95. The molecule has 1 aromatic carbocycles. The fourth-order valence-electron chi connectivity index (χ4n) is 2.61. The normalized spacial score (nSPS) is 17.3. The third kappa shape index (κ3) is 4.54. The molecule has 0 saturated carbocycles. The minimum Gasteiger partial charge on any atom is -0.463 e. The molecule has 5 nitrogen and oxygen atoms in total. The number of ether oxygens (including phenoxy) is 1. The van der Waals surface area contributed by atoms with Gasteiger partial charge >= 0.3 is 12.0 Å². The Bertz CT molecular complexity index is 643. The topological polar surface area (TPSA) is 67.4 Å². The first-order chi connectivity index (χ1) is 11.6. The van der Waals surface area contributed by atoms with Crippen molar-refractivity contribution in [1.29, 1.82) is 0 Å². The highest BCUT2D eigenvalue weighted by Gasteiger charge is 2.31. The molecule has 0 radical (unpaired) electrons. The van der Waals surface area contributed by atoms with Crippen molar-refractivity contribution in [2.75, 3.05) is 12.4 Å². The summed E-state index contributed by atoms with van der Waals surface area (Å²) in [4.78, 5) is 24.1. The van der Waals surface area contributed by atoms with E-state index in [1.165, 1.54) is 11.1 Å². The van der Waals surface area contributed by atoms with Gasteiger partial charge in [0.1, 0.15) is 0 Å². The lowest BCUT2D eigenvalue weighted by atomic mass is 10.0. The van der Waals surface area contributed by atoms with E-state index in [2.05, 4.69) is 29.7 Å². The van der Waals surface area contributed by atoms with E-state index in [1.807, 2.05) is 19.1 Å². The minimum atomic E-state index is -0.358. The van der Waals surface area contributed by atoms with Gasteiger partial charge in [-0.05, 0) is 31.4 Å². The third-order valence-corrected chi connectivity index (χ3v) is 4.92. The summed E-state index contributed by atoms with van der Waals surface area (Å²) in [7, 11) is 0.